The lowest BCUT2D eigenvalue weighted by Gasteiger charge is -2.28. The van der Waals surface area contributed by atoms with E-state index in [1.54, 1.807) is 37.3 Å². The van der Waals surface area contributed by atoms with Crippen molar-refractivity contribution in [1.82, 2.24) is 5.32 Å². The lowest BCUT2D eigenvalue weighted by atomic mass is 9.85. The summed E-state index contributed by atoms with van der Waals surface area (Å²) in [4.78, 5) is 25.8. The van der Waals surface area contributed by atoms with E-state index in [0.29, 0.717) is 22.2 Å². The van der Waals surface area contributed by atoms with Gasteiger partial charge in [0.25, 0.3) is 5.91 Å². The number of furan rings is 1. The third-order valence-electron chi connectivity index (χ3n) is 5.32. The Kier molecular flexibility index (Phi) is 7.93. The Hall–Kier alpha value is -3.81. The minimum atomic E-state index is -0.838. The molecule has 0 saturated carbocycles. The molecule has 3 aromatic rings. The molecule has 0 spiro atoms. The van der Waals surface area contributed by atoms with E-state index in [-0.39, 0.29) is 28.5 Å². The second-order valence-corrected chi connectivity index (χ2v) is 9.65. The summed E-state index contributed by atoms with van der Waals surface area (Å²) in [5, 5.41) is 19.0. The Morgan fingerprint density at radius 2 is 1.89 bits per heavy atom. The number of allylic oxidation sites excluding steroid dienone is 2. The van der Waals surface area contributed by atoms with Crippen LogP contribution in [0.25, 0.3) is 0 Å². The molecule has 182 valence electrons. The average molecular weight is 567 g/mol. The predicted molar refractivity (Wildman–Crippen MR) is 140 cm³/mol. The number of dihydropyridines is 1. The molecule has 4 rings (SSSR count). The Bertz CT molecular complexity index is 1400. The summed E-state index contributed by atoms with van der Waals surface area (Å²) in [5.41, 5.74) is 1.56. The van der Waals surface area contributed by atoms with Crippen LogP contribution in [0.1, 0.15) is 18.6 Å². The van der Waals surface area contributed by atoms with Crippen molar-refractivity contribution in [3.05, 3.63) is 105 Å². The molecule has 10 heteroatoms. The van der Waals surface area contributed by atoms with E-state index < -0.39 is 17.6 Å². The van der Waals surface area contributed by atoms with Gasteiger partial charge in [0.1, 0.15) is 11.6 Å². The predicted octanol–water partition coefficient (Wildman–Crippen LogP) is 5.89. The summed E-state index contributed by atoms with van der Waals surface area (Å²) in [7, 11) is 0. The second-order valence-electron chi connectivity index (χ2n) is 7.74. The number of thioether (sulfide) groups is 1. The van der Waals surface area contributed by atoms with Gasteiger partial charge in [0.05, 0.1) is 45.9 Å². The number of carbonyl (C=O) groups excluding carboxylic acids is 2. The highest BCUT2D eigenvalue weighted by atomic mass is 79.9. The number of nitrogens with zero attached hydrogens (tertiary/aromatic N) is 1. The van der Waals surface area contributed by atoms with Crippen molar-refractivity contribution in [2.45, 2.75) is 12.8 Å². The summed E-state index contributed by atoms with van der Waals surface area (Å²) < 4.78 is 20.6. The summed E-state index contributed by atoms with van der Waals surface area (Å²) >= 11 is 4.50. The minimum absolute atomic E-state index is 0.0215. The minimum Gasteiger partial charge on any atom is -0.468 e. The number of halogens is 2. The zero-order valence-electron chi connectivity index (χ0n) is 19.0. The van der Waals surface area contributed by atoms with Gasteiger partial charge >= 0.3 is 0 Å². The molecule has 2 heterocycles. The van der Waals surface area contributed by atoms with Crippen LogP contribution in [0.2, 0.25) is 0 Å². The molecule has 7 nitrogen and oxygen atoms in total. The van der Waals surface area contributed by atoms with Gasteiger partial charge in [-0.25, -0.2) is 4.39 Å². The Labute approximate surface area is 219 Å². The first-order valence-corrected chi connectivity index (χ1v) is 12.5. The number of hydrogen-bond donors (Lipinski definition) is 3. The molecule has 1 unspecified atom stereocenters. The smallest absolute Gasteiger partial charge is 0.254 e. The Morgan fingerprint density at radius 3 is 2.56 bits per heavy atom. The molecule has 1 aromatic heterocycles. The third-order valence-corrected chi connectivity index (χ3v) is 6.86. The van der Waals surface area contributed by atoms with Crippen molar-refractivity contribution >= 4 is 50.9 Å². The maximum Gasteiger partial charge on any atom is 0.254 e. The van der Waals surface area contributed by atoms with E-state index in [1.807, 2.05) is 12.1 Å². The molecule has 1 aliphatic rings. The van der Waals surface area contributed by atoms with Crippen LogP contribution in [0.3, 0.4) is 0 Å². The van der Waals surface area contributed by atoms with Crippen molar-refractivity contribution < 1.29 is 18.4 Å². The van der Waals surface area contributed by atoms with Gasteiger partial charge in [0.15, 0.2) is 0 Å². The second kappa shape index (κ2) is 11.3. The van der Waals surface area contributed by atoms with Crippen LogP contribution in [-0.4, -0.2) is 17.6 Å². The SMILES string of the molecule is CC1=C(C(=O)Nc2ccccc2F)C(c2ccco2)C(C#N)=C(SCC(=O)Nc2ccc(Br)cc2)N1. The van der Waals surface area contributed by atoms with E-state index in [9.17, 15) is 19.2 Å². The molecule has 2 aromatic carbocycles. The van der Waals surface area contributed by atoms with Crippen molar-refractivity contribution in [2.75, 3.05) is 16.4 Å². The van der Waals surface area contributed by atoms with Crippen molar-refractivity contribution in [1.29, 1.82) is 5.26 Å². The van der Waals surface area contributed by atoms with Crippen LogP contribution in [-0.2, 0) is 9.59 Å². The quantitative estimate of drug-likeness (QED) is 0.329. The maximum atomic E-state index is 14.2. The third kappa shape index (κ3) is 5.70. The van der Waals surface area contributed by atoms with Gasteiger partial charge in [-0.15, -0.1) is 0 Å². The number of carbonyl (C=O) groups is 2. The summed E-state index contributed by atoms with van der Waals surface area (Å²) in [6.45, 7) is 1.68. The van der Waals surface area contributed by atoms with E-state index >= 15 is 0 Å². The zero-order chi connectivity index (χ0) is 25.7. The highest BCUT2D eigenvalue weighted by Gasteiger charge is 2.36. The molecule has 0 fully saturated rings. The molecule has 3 N–H and O–H groups in total. The van der Waals surface area contributed by atoms with Gasteiger partial charge in [-0.2, -0.15) is 5.26 Å². The van der Waals surface area contributed by atoms with E-state index in [2.05, 4.69) is 37.9 Å². The fraction of sp³-hybridized carbons (Fsp3) is 0.115. The lowest BCUT2D eigenvalue weighted by Crippen LogP contribution is -2.31. The zero-order valence-corrected chi connectivity index (χ0v) is 21.4. The standard InChI is InChI=1S/C26H20BrFN4O3S/c1-15-23(25(34)32-20-6-3-2-5-19(20)28)24(21-7-4-12-35-21)18(13-29)26(30-15)36-14-22(33)31-17-10-8-16(27)9-11-17/h2-12,24,30H,14H2,1H3,(H,31,33)(H,32,34). The maximum absolute atomic E-state index is 14.2. The van der Waals surface area contributed by atoms with Gasteiger partial charge in [-0.1, -0.05) is 39.8 Å². The van der Waals surface area contributed by atoms with Crippen LogP contribution in [0.15, 0.2) is 97.7 Å². The van der Waals surface area contributed by atoms with Crippen molar-refractivity contribution in [2.24, 2.45) is 0 Å². The lowest BCUT2D eigenvalue weighted by molar-refractivity contribution is -0.114. The van der Waals surface area contributed by atoms with Crippen LogP contribution in [0.4, 0.5) is 15.8 Å². The number of anilines is 2. The summed E-state index contributed by atoms with van der Waals surface area (Å²) in [5.74, 6) is -1.84. The summed E-state index contributed by atoms with van der Waals surface area (Å²) in [6, 6.07) is 18.5. The first kappa shape index (κ1) is 25.3. The fourth-order valence-corrected chi connectivity index (χ4v) is 4.84. The fourth-order valence-electron chi connectivity index (χ4n) is 3.69. The summed E-state index contributed by atoms with van der Waals surface area (Å²) in [6.07, 6.45) is 1.45. The first-order chi connectivity index (χ1) is 17.4. The number of amides is 2. The molecular formula is C26H20BrFN4O3S. The first-order valence-electron chi connectivity index (χ1n) is 10.8. The highest BCUT2D eigenvalue weighted by Crippen LogP contribution is 2.41. The number of nitriles is 1. The molecule has 0 aliphatic carbocycles. The number of rotatable bonds is 7. The normalized spacial score (nSPS) is 15.2. The number of benzene rings is 2. The Balaban J connectivity index is 1.58. The van der Waals surface area contributed by atoms with Gasteiger partial charge in [0, 0.05) is 15.9 Å². The van der Waals surface area contributed by atoms with Gasteiger partial charge in [-0.05, 0) is 55.5 Å². The molecule has 0 saturated heterocycles. The topological polar surface area (TPSA) is 107 Å². The number of hydrogen-bond acceptors (Lipinski definition) is 6. The molecule has 0 radical (unpaired) electrons. The van der Waals surface area contributed by atoms with Crippen LogP contribution in [0.5, 0.6) is 0 Å². The van der Waals surface area contributed by atoms with Crippen LogP contribution < -0.4 is 16.0 Å². The molecular weight excluding hydrogens is 547 g/mol. The van der Waals surface area contributed by atoms with E-state index in [1.165, 1.54) is 24.5 Å². The van der Waals surface area contributed by atoms with E-state index in [0.717, 1.165) is 16.2 Å². The molecule has 2 amide bonds. The van der Waals surface area contributed by atoms with Gasteiger partial charge in [-0.3, -0.25) is 9.59 Å². The van der Waals surface area contributed by atoms with Crippen molar-refractivity contribution in [3.8, 4) is 6.07 Å². The van der Waals surface area contributed by atoms with Gasteiger partial charge in [0.2, 0.25) is 5.91 Å². The van der Waals surface area contributed by atoms with Crippen LogP contribution >= 0.6 is 27.7 Å². The van der Waals surface area contributed by atoms with Crippen molar-refractivity contribution in [3.63, 3.8) is 0 Å². The monoisotopic (exact) mass is 566 g/mol. The molecule has 1 atom stereocenters. The Morgan fingerprint density at radius 1 is 1.14 bits per heavy atom. The number of para-hydroxylation sites is 1. The molecule has 36 heavy (non-hydrogen) atoms. The number of nitrogens with one attached hydrogen (secondary N) is 3. The largest absolute Gasteiger partial charge is 0.468 e. The van der Waals surface area contributed by atoms with Gasteiger partial charge < -0.3 is 20.4 Å². The molecule has 1 aliphatic heterocycles. The molecule has 0 bridgehead atoms. The van der Waals surface area contributed by atoms with E-state index in [4.69, 9.17) is 4.42 Å². The average Bonchev–Trinajstić information content (AvgIpc) is 3.39. The highest BCUT2D eigenvalue weighted by molar-refractivity contribution is 9.10. The van der Waals surface area contributed by atoms with Crippen LogP contribution in [0, 0.1) is 17.1 Å².